The third-order valence-corrected chi connectivity index (χ3v) is 4.96. The molecule has 0 amide bonds. The van der Waals surface area contributed by atoms with Crippen molar-refractivity contribution in [3.8, 4) is 0 Å². The molecule has 0 spiro atoms. The van der Waals surface area contributed by atoms with Gasteiger partial charge < -0.3 is 4.74 Å². The first kappa shape index (κ1) is 14.1. The van der Waals surface area contributed by atoms with E-state index in [4.69, 9.17) is 27.9 Å². The first-order valence-corrected chi connectivity index (χ1v) is 7.57. The van der Waals surface area contributed by atoms with Crippen molar-refractivity contribution in [2.75, 3.05) is 11.8 Å². The minimum Gasteiger partial charge on any atom is -0.373 e. The summed E-state index contributed by atoms with van der Waals surface area (Å²) in [7, 11) is 0. The standard InChI is InChI=1S/C11H19BrCl2O/c1-8-2-4-9(5-3-8)15-11(7-14)10(12)6-13/h8-11H,2-7H2,1H3. The molecular formula is C11H19BrCl2O. The minimum atomic E-state index is 0.0440. The largest absolute Gasteiger partial charge is 0.373 e. The maximum absolute atomic E-state index is 5.98. The second kappa shape index (κ2) is 7.37. The average molecular weight is 318 g/mol. The Labute approximate surface area is 111 Å². The zero-order valence-electron chi connectivity index (χ0n) is 9.09. The Morgan fingerprint density at radius 1 is 1.20 bits per heavy atom. The van der Waals surface area contributed by atoms with Crippen LogP contribution in [-0.2, 0) is 4.74 Å². The van der Waals surface area contributed by atoms with Crippen molar-refractivity contribution in [2.24, 2.45) is 5.92 Å². The van der Waals surface area contributed by atoms with E-state index in [9.17, 15) is 0 Å². The van der Waals surface area contributed by atoms with E-state index in [1.165, 1.54) is 12.8 Å². The molecule has 0 bridgehead atoms. The molecule has 1 aliphatic rings. The molecule has 0 saturated heterocycles. The predicted octanol–water partition coefficient (Wildman–Crippen LogP) is 4.19. The van der Waals surface area contributed by atoms with Crippen LogP contribution in [0.4, 0.5) is 0 Å². The van der Waals surface area contributed by atoms with Gasteiger partial charge in [0.15, 0.2) is 0 Å². The van der Waals surface area contributed by atoms with Gasteiger partial charge in [-0.2, -0.15) is 0 Å². The number of hydrogen-bond acceptors (Lipinski definition) is 1. The Morgan fingerprint density at radius 3 is 2.27 bits per heavy atom. The Kier molecular flexibility index (Phi) is 6.92. The van der Waals surface area contributed by atoms with E-state index in [0.717, 1.165) is 18.8 Å². The summed E-state index contributed by atoms with van der Waals surface area (Å²) in [5.41, 5.74) is 0. The summed E-state index contributed by atoms with van der Waals surface area (Å²) in [4.78, 5) is 0.163. The highest BCUT2D eigenvalue weighted by Crippen LogP contribution is 2.27. The van der Waals surface area contributed by atoms with Crippen LogP contribution in [0.25, 0.3) is 0 Å². The van der Waals surface area contributed by atoms with Gasteiger partial charge in [0.1, 0.15) is 0 Å². The van der Waals surface area contributed by atoms with Crippen LogP contribution in [-0.4, -0.2) is 28.8 Å². The van der Waals surface area contributed by atoms with Gasteiger partial charge in [-0.1, -0.05) is 22.9 Å². The van der Waals surface area contributed by atoms with Crippen LogP contribution in [0.3, 0.4) is 0 Å². The second-order valence-corrected chi connectivity index (χ2v) is 6.17. The fourth-order valence-electron chi connectivity index (χ4n) is 1.93. The molecule has 1 nitrogen and oxygen atoms in total. The van der Waals surface area contributed by atoms with Crippen molar-refractivity contribution in [3.63, 3.8) is 0 Å². The third kappa shape index (κ3) is 4.80. The van der Waals surface area contributed by atoms with Crippen LogP contribution in [0.2, 0.25) is 0 Å². The van der Waals surface area contributed by atoms with E-state index in [1.54, 1.807) is 0 Å². The summed E-state index contributed by atoms with van der Waals surface area (Å²) in [6.07, 6.45) is 5.30. The molecule has 1 aliphatic carbocycles. The van der Waals surface area contributed by atoms with Gasteiger partial charge in [0, 0.05) is 11.8 Å². The Bertz CT molecular complexity index is 172. The molecule has 1 saturated carbocycles. The van der Waals surface area contributed by atoms with Gasteiger partial charge in [0.2, 0.25) is 0 Å². The molecule has 2 unspecified atom stereocenters. The molecule has 0 heterocycles. The number of hydrogen-bond donors (Lipinski definition) is 0. The Hall–Kier alpha value is 1.02. The van der Waals surface area contributed by atoms with E-state index in [0.29, 0.717) is 17.9 Å². The lowest BCUT2D eigenvalue weighted by Gasteiger charge is -2.30. The van der Waals surface area contributed by atoms with E-state index in [1.807, 2.05) is 0 Å². The van der Waals surface area contributed by atoms with Gasteiger partial charge in [-0.25, -0.2) is 0 Å². The van der Waals surface area contributed by atoms with Crippen molar-refractivity contribution < 1.29 is 4.74 Å². The summed E-state index contributed by atoms with van der Waals surface area (Å²) < 4.78 is 5.98. The summed E-state index contributed by atoms with van der Waals surface area (Å²) in [6, 6.07) is 0. The highest BCUT2D eigenvalue weighted by molar-refractivity contribution is 9.09. The van der Waals surface area contributed by atoms with Gasteiger partial charge in [0.05, 0.1) is 17.0 Å². The van der Waals surface area contributed by atoms with Crippen molar-refractivity contribution in [3.05, 3.63) is 0 Å². The zero-order chi connectivity index (χ0) is 11.3. The van der Waals surface area contributed by atoms with Crippen molar-refractivity contribution in [1.29, 1.82) is 0 Å². The molecule has 15 heavy (non-hydrogen) atoms. The third-order valence-electron chi connectivity index (χ3n) is 3.03. The van der Waals surface area contributed by atoms with Crippen molar-refractivity contribution >= 4 is 39.1 Å². The monoisotopic (exact) mass is 316 g/mol. The fourth-order valence-corrected chi connectivity index (χ4v) is 2.94. The van der Waals surface area contributed by atoms with E-state index >= 15 is 0 Å². The van der Waals surface area contributed by atoms with Crippen molar-refractivity contribution in [1.82, 2.24) is 0 Å². The molecule has 0 aliphatic heterocycles. The number of ether oxygens (including phenoxy) is 1. The highest BCUT2D eigenvalue weighted by atomic mass is 79.9. The topological polar surface area (TPSA) is 9.23 Å². The zero-order valence-corrected chi connectivity index (χ0v) is 12.2. The molecule has 4 heteroatoms. The van der Waals surface area contributed by atoms with Gasteiger partial charge in [-0.15, -0.1) is 23.2 Å². The summed E-state index contributed by atoms with van der Waals surface area (Å²) in [6.45, 7) is 2.31. The quantitative estimate of drug-likeness (QED) is 0.691. The fraction of sp³-hybridized carbons (Fsp3) is 1.00. The summed E-state index contributed by atoms with van der Waals surface area (Å²) in [5, 5.41) is 0. The van der Waals surface area contributed by atoms with E-state index in [2.05, 4.69) is 22.9 Å². The number of halogens is 3. The molecule has 0 N–H and O–H groups in total. The Morgan fingerprint density at radius 2 is 1.80 bits per heavy atom. The molecule has 0 aromatic rings. The lowest BCUT2D eigenvalue weighted by Crippen LogP contribution is -2.33. The maximum atomic E-state index is 5.98. The lowest BCUT2D eigenvalue weighted by molar-refractivity contribution is -0.0229. The van der Waals surface area contributed by atoms with Gasteiger partial charge >= 0.3 is 0 Å². The second-order valence-electron chi connectivity index (χ2n) is 4.38. The first-order chi connectivity index (χ1) is 7.17. The highest BCUT2D eigenvalue weighted by Gasteiger charge is 2.25. The van der Waals surface area contributed by atoms with Crippen LogP contribution in [0.1, 0.15) is 32.6 Å². The molecule has 0 aromatic carbocycles. The smallest absolute Gasteiger partial charge is 0.0850 e. The maximum Gasteiger partial charge on any atom is 0.0850 e. The molecule has 0 radical (unpaired) electrons. The van der Waals surface area contributed by atoms with Gasteiger partial charge in [-0.05, 0) is 31.6 Å². The molecule has 2 atom stereocenters. The van der Waals surface area contributed by atoms with Gasteiger partial charge in [0.25, 0.3) is 0 Å². The van der Waals surface area contributed by atoms with Crippen LogP contribution < -0.4 is 0 Å². The average Bonchev–Trinajstić information content (AvgIpc) is 2.27. The number of alkyl halides is 3. The normalized spacial score (nSPS) is 31.2. The SMILES string of the molecule is CC1CCC(OC(CCl)C(Br)CCl)CC1. The predicted molar refractivity (Wildman–Crippen MR) is 70.4 cm³/mol. The van der Waals surface area contributed by atoms with Crippen LogP contribution >= 0.6 is 39.1 Å². The van der Waals surface area contributed by atoms with E-state index < -0.39 is 0 Å². The van der Waals surface area contributed by atoms with Crippen molar-refractivity contribution in [2.45, 2.75) is 49.6 Å². The molecule has 90 valence electrons. The first-order valence-electron chi connectivity index (χ1n) is 5.58. The van der Waals surface area contributed by atoms with Crippen LogP contribution in [0.15, 0.2) is 0 Å². The molecular weight excluding hydrogens is 299 g/mol. The van der Waals surface area contributed by atoms with Crippen LogP contribution in [0.5, 0.6) is 0 Å². The molecule has 1 fully saturated rings. The summed E-state index contributed by atoms with van der Waals surface area (Å²) >= 11 is 15.2. The molecule has 1 rings (SSSR count). The summed E-state index contributed by atoms with van der Waals surface area (Å²) in [5.74, 6) is 1.90. The van der Waals surface area contributed by atoms with Gasteiger partial charge in [-0.3, -0.25) is 0 Å². The number of rotatable bonds is 5. The van der Waals surface area contributed by atoms with E-state index in [-0.39, 0.29) is 10.9 Å². The Balaban J connectivity index is 2.32. The molecule has 0 aromatic heterocycles. The lowest BCUT2D eigenvalue weighted by atomic mass is 9.89. The minimum absolute atomic E-state index is 0.0440. The van der Waals surface area contributed by atoms with Crippen LogP contribution in [0, 0.1) is 5.92 Å².